The minimum Gasteiger partial charge on any atom is -0.497 e. The zero-order chi connectivity index (χ0) is 20.1. The third-order valence-corrected chi connectivity index (χ3v) is 4.62. The van der Waals surface area contributed by atoms with Crippen LogP contribution in [-0.2, 0) is 11.2 Å². The Morgan fingerprint density at radius 1 is 1.18 bits per heavy atom. The van der Waals surface area contributed by atoms with E-state index < -0.39 is 0 Å². The smallest absolute Gasteiger partial charge is 0.220 e. The minimum absolute atomic E-state index is 0.00946. The third kappa shape index (κ3) is 4.60. The van der Waals surface area contributed by atoms with Gasteiger partial charge >= 0.3 is 0 Å². The molecule has 0 saturated heterocycles. The maximum absolute atomic E-state index is 12.2. The van der Waals surface area contributed by atoms with Crippen LogP contribution < -0.4 is 14.8 Å². The summed E-state index contributed by atoms with van der Waals surface area (Å²) in [6.45, 7) is 6.79. The number of aryl methyl sites for hydroxylation is 3. The van der Waals surface area contributed by atoms with Crippen LogP contribution in [0.15, 0.2) is 30.3 Å². The van der Waals surface area contributed by atoms with E-state index >= 15 is 0 Å². The number of aromatic nitrogens is 3. The van der Waals surface area contributed by atoms with Gasteiger partial charge in [-0.1, -0.05) is 6.07 Å². The quantitative estimate of drug-likeness (QED) is 0.606. The van der Waals surface area contributed by atoms with Gasteiger partial charge in [-0.2, -0.15) is 5.10 Å². The van der Waals surface area contributed by atoms with E-state index in [1.54, 1.807) is 7.11 Å². The molecule has 0 unspecified atom stereocenters. The number of methoxy groups -OCH3 is 1. The van der Waals surface area contributed by atoms with Gasteiger partial charge in [-0.15, -0.1) is 0 Å². The third-order valence-electron chi connectivity index (χ3n) is 4.62. The summed E-state index contributed by atoms with van der Waals surface area (Å²) in [5.74, 6) is 1.45. The van der Waals surface area contributed by atoms with Crippen LogP contribution in [0.4, 0.5) is 0 Å². The van der Waals surface area contributed by atoms with Crippen molar-refractivity contribution in [2.24, 2.45) is 0 Å². The average Bonchev–Trinajstić information content (AvgIpc) is 3.05. The van der Waals surface area contributed by atoms with Gasteiger partial charge < -0.3 is 14.8 Å². The molecule has 148 valence electrons. The Morgan fingerprint density at radius 2 is 1.96 bits per heavy atom. The molecule has 1 amide bonds. The molecule has 7 heteroatoms. The zero-order valence-electron chi connectivity index (χ0n) is 16.8. The molecule has 3 rings (SSSR count). The number of rotatable bonds is 8. The summed E-state index contributed by atoms with van der Waals surface area (Å²) in [6, 6.07) is 9.35. The predicted octanol–water partition coefficient (Wildman–Crippen LogP) is 2.79. The lowest BCUT2D eigenvalue weighted by molar-refractivity contribution is -0.121. The number of hydrogen-bond acceptors (Lipinski definition) is 5. The molecule has 0 aliphatic heterocycles. The van der Waals surface area contributed by atoms with Crippen LogP contribution in [0, 0.1) is 20.8 Å². The molecular formula is C21H26N4O3. The molecular weight excluding hydrogens is 356 g/mol. The molecule has 0 bridgehead atoms. The zero-order valence-corrected chi connectivity index (χ0v) is 16.8. The molecule has 0 fully saturated rings. The van der Waals surface area contributed by atoms with Gasteiger partial charge in [0.2, 0.25) is 5.91 Å². The average molecular weight is 382 g/mol. The molecule has 0 aliphatic rings. The number of nitrogens with one attached hydrogen (secondary N) is 1. The Labute approximate surface area is 164 Å². The summed E-state index contributed by atoms with van der Waals surface area (Å²) in [5, 5.41) is 7.37. The van der Waals surface area contributed by atoms with Crippen LogP contribution in [0.2, 0.25) is 0 Å². The van der Waals surface area contributed by atoms with Crippen LogP contribution in [0.5, 0.6) is 11.5 Å². The fourth-order valence-corrected chi connectivity index (χ4v) is 3.18. The fourth-order valence-electron chi connectivity index (χ4n) is 3.18. The van der Waals surface area contributed by atoms with Crippen LogP contribution in [0.1, 0.15) is 29.1 Å². The number of carbonyl (C=O) groups is 1. The molecule has 0 spiro atoms. The summed E-state index contributed by atoms with van der Waals surface area (Å²) >= 11 is 0. The highest BCUT2D eigenvalue weighted by molar-refractivity contribution is 5.76. The van der Waals surface area contributed by atoms with Gasteiger partial charge in [0.25, 0.3) is 0 Å². The SMILES string of the molecule is COc1cccc(OCCNC(=O)CCc2c(C)nc3cc(C)nn3c2C)c1. The van der Waals surface area contributed by atoms with E-state index in [1.165, 1.54) is 0 Å². The molecule has 28 heavy (non-hydrogen) atoms. The van der Waals surface area contributed by atoms with Crippen molar-refractivity contribution < 1.29 is 14.3 Å². The maximum Gasteiger partial charge on any atom is 0.220 e. The second-order valence-electron chi connectivity index (χ2n) is 6.69. The number of hydrogen-bond donors (Lipinski definition) is 1. The Kier molecular flexibility index (Phi) is 6.13. The number of ether oxygens (including phenoxy) is 2. The molecule has 2 heterocycles. The van der Waals surface area contributed by atoms with Gasteiger partial charge in [0, 0.05) is 29.9 Å². The number of fused-ring (bicyclic) bond motifs is 1. The number of carbonyl (C=O) groups excluding carboxylic acids is 1. The van der Waals surface area contributed by atoms with Gasteiger partial charge in [0.15, 0.2) is 5.65 Å². The van der Waals surface area contributed by atoms with Crippen LogP contribution in [0.3, 0.4) is 0 Å². The lowest BCUT2D eigenvalue weighted by atomic mass is 10.1. The standard InChI is InChI=1S/C21H26N4O3/c1-14-12-20-23-15(2)19(16(3)25(20)24-14)8-9-21(26)22-10-11-28-18-7-5-6-17(13-18)27-4/h5-7,12-13H,8-11H2,1-4H3,(H,22,26). The number of amides is 1. The first kappa shape index (κ1) is 19.7. The van der Waals surface area contributed by atoms with E-state index in [0.717, 1.165) is 34.0 Å². The lowest BCUT2D eigenvalue weighted by Gasteiger charge is -2.11. The topological polar surface area (TPSA) is 77.8 Å². The van der Waals surface area contributed by atoms with E-state index in [2.05, 4.69) is 15.4 Å². The second-order valence-corrected chi connectivity index (χ2v) is 6.69. The van der Waals surface area contributed by atoms with E-state index in [-0.39, 0.29) is 5.91 Å². The Morgan fingerprint density at radius 3 is 2.75 bits per heavy atom. The summed E-state index contributed by atoms with van der Waals surface area (Å²) in [5.41, 5.74) is 4.82. The monoisotopic (exact) mass is 382 g/mol. The van der Waals surface area contributed by atoms with Crippen molar-refractivity contribution in [2.75, 3.05) is 20.3 Å². The van der Waals surface area contributed by atoms with Gasteiger partial charge in [-0.3, -0.25) is 4.79 Å². The normalized spacial score (nSPS) is 10.9. The van der Waals surface area contributed by atoms with Crippen LogP contribution in [0.25, 0.3) is 5.65 Å². The molecule has 7 nitrogen and oxygen atoms in total. The van der Waals surface area contributed by atoms with Crippen molar-refractivity contribution >= 4 is 11.6 Å². The van der Waals surface area contributed by atoms with Gasteiger partial charge in [-0.25, -0.2) is 9.50 Å². The predicted molar refractivity (Wildman–Crippen MR) is 107 cm³/mol. The fraction of sp³-hybridized carbons (Fsp3) is 0.381. The van der Waals surface area contributed by atoms with Crippen molar-refractivity contribution in [1.82, 2.24) is 19.9 Å². The minimum atomic E-state index is -0.00946. The number of benzene rings is 1. The summed E-state index contributed by atoms with van der Waals surface area (Å²) in [7, 11) is 1.61. The Bertz CT molecular complexity index is 981. The van der Waals surface area contributed by atoms with Gasteiger partial charge in [0.1, 0.15) is 18.1 Å². The maximum atomic E-state index is 12.2. The molecule has 0 saturated carbocycles. The van der Waals surface area contributed by atoms with Crippen molar-refractivity contribution in [3.63, 3.8) is 0 Å². The molecule has 2 aromatic heterocycles. The first-order valence-electron chi connectivity index (χ1n) is 9.34. The lowest BCUT2D eigenvalue weighted by Crippen LogP contribution is -2.28. The van der Waals surface area contributed by atoms with Crippen molar-refractivity contribution in [3.8, 4) is 11.5 Å². The van der Waals surface area contributed by atoms with Crippen molar-refractivity contribution in [1.29, 1.82) is 0 Å². The summed E-state index contributed by atoms with van der Waals surface area (Å²) in [6.07, 6.45) is 1.02. The highest BCUT2D eigenvalue weighted by atomic mass is 16.5. The van der Waals surface area contributed by atoms with Crippen LogP contribution in [-0.4, -0.2) is 40.8 Å². The largest absolute Gasteiger partial charge is 0.497 e. The number of nitrogens with zero attached hydrogens (tertiary/aromatic N) is 3. The van der Waals surface area contributed by atoms with Gasteiger partial charge in [0.05, 0.1) is 19.3 Å². The highest BCUT2D eigenvalue weighted by Crippen LogP contribution is 2.19. The Balaban J connectivity index is 1.48. The Hall–Kier alpha value is -3.09. The first-order chi connectivity index (χ1) is 13.5. The van der Waals surface area contributed by atoms with Gasteiger partial charge in [-0.05, 0) is 44.9 Å². The second kappa shape index (κ2) is 8.73. The van der Waals surface area contributed by atoms with Crippen molar-refractivity contribution in [2.45, 2.75) is 33.6 Å². The van der Waals surface area contributed by atoms with E-state index in [0.29, 0.717) is 31.7 Å². The van der Waals surface area contributed by atoms with E-state index in [1.807, 2.05) is 55.6 Å². The van der Waals surface area contributed by atoms with E-state index in [4.69, 9.17) is 9.47 Å². The molecule has 0 aliphatic carbocycles. The summed E-state index contributed by atoms with van der Waals surface area (Å²) in [4.78, 5) is 16.8. The molecule has 0 atom stereocenters. The van der Waals surface area contributed by atoms with Crippen LogP contribution >= 0.6 is 0 Å². The van der Waals surface area contributed by atoms with E-state index in [9.17, 15) is 4.79 Å². The molecule has 3 aromatic rings. The first-order valence-corrected chi connectivity index (χ1v) is 9.34. The molecule has 0 radical (unpaired) electrons. The molecule has 1 N–H and O–H groups in total. The highest BCUT2D eigenvalue weighted by Gasteiger charge is 2.12. The van der Waals surface area contributed by atoms with Crippen molar-refractivity contribution in [3.05, 3.63) is 53.0 Å². The molecule has 1 aromatic carbocycles. The summed E-state index contributed by atoms with van der Waals surface area (Å²) < 4.78 is 12.6.